The molecule has 2 aliphatic heterocycles. The van der Waals surface area contributed by atoms with E-state index in [4.69, 9.17) is 9.57 Å². The van der Waals surface area contributed by atoms with Crippen LogP contribution in [0.2, 0.25) is 0 Å². The number of rotatable bonds is 2. The monoisotopic (exact) mass is 246 g/mol. The summed E-state index contributed by atoms with van der Waals surface area (Å²) in [6.07, 6.45) is 3.90. The standard InChI is InChI=1S/C12H10N2O4/c15-14(16)9-3-1-8(2-4-9)10-7-12-11(18-13-10)5-6-17-12/h1-6,11-12H,7H2. The molecule has 2 atom stereocenters. The number of ether oxygens (including phenoxy) is 1. The minimum absolute atomic E-state index is 0.0484. The van der Waals surface area contributed by atoms with E-state index >= 15 is 0 Å². The maximum atomic E-state index is 10.6. The Hall–Kier alpha value is -2.37. The quantitative estimate of drug-likeness (QED) is 0.590. The van der Waals surface area contributed by atoms with E-state index in [1.54, 1.807) is 18.4 Å². The lowest BCUT2D eigenvalue weighted by Gasteiger charge is -2.22. The van der Waals surface area contributed by atoms with Crippen LogP contribution in [0.1, 0.15) is 12.0 Å². The van der Waals surface area contributed by atoms with Gasteiger partial charge in [-0.3, -0.25) is 10.1 Å². The average molecular weight is 246 g/mol. The van der Waals surface area contributed by atoms with E-state index in [2.05, 4.69) is 5.16 Å². The van der Waals surface area contributed by atoms with Crippen molar-refractivity contribution in [2.45, 2.75) is 18.6 Å². The summed E-state index contributed by atoms with van der Waals surface area (Å²) < 4.78 is 5.38. The van der Waals surface area contributed by atoms with E-state index in [0.717, 1.165) is 11.3 Å². The minimum atomic E-state index is -0.428. The van der Waals surface area contributed by atoms with Gasteiger partial charge in [0.15, 0.2) is 6.10 Å². The van der Waals surface area contributed by atoms with Crippen LogP contribution in [0.5, 0.6) is 0 Å². The fraction of sp³-hybridized carbons (Fsp3) is 0.250. The second-order valence-electron chi connectivity index (χ2n) is 4.12. The molecule has 0 aliphatic carbocycles. The highest BCUT2D eigenvalue weighted by Gasteiger charge is 2.32. The summed E-state index contributed by atoms with van der Waals surface area (Å²) in [5.41, 5.74) is 1.62. The summed E-state index contributed by atoms with van der Waals surface area (Å²) in [6, 6.07) is 6.25. The van der Waals surface area contributed by atoms with Crippen LogP contribution in [-0.4, -0.2) is 22.8 Å². The first kappa shape index (κ1) is 10.8. The van der Waals surface area contributed by atoms with Crippen molar-refractivity contribution in [2.24, 2.45) is 5.16 Å². The SMILES string of the molecule is O=[N+]([O-])c1ccc(C2=NOC3C=COC3C2)cc1. The lowest BCUT2D eigenvalue weighted by atomic mass is 10.0. The summed E-state index contributed by atoms with van der Waals surface area (Å²) in [7, 11) is 0. The molecule has 0 saturated carbocycles. The predicted molar refractivity (Wildman–Crippen MR) is 63.1 cm³/mol. The van der Waals surface area contributed by atoms with Crippen LogP contribution in [0.3, 0.4) is 0 Å². The summed E-state index contributed by atoms with van der Waals surface area (Å²) in [5.74, 6) is 0. The van der Waals surface area contributed by atoms with Gasteiger partial charge in [0, 0.05) is 18.6 Å². The Morgan fingerprint density at radius 3 is 2.83 bits per heavy atom. The van der Waals surface area contributed by atoms with Crippen LogP contribution in [-0.2, 0) is 9.57 Å². The smallest absolute Gasteiger partial charge is 0.269 e. The number of nitro groups is 1. The molecule has 1 aromatic rings. The van der Waals surface area contributed by atoms with Gasteiger partial charge in [-0.15, -0.1) is 0 Å². The van der Waals surface area contributed by atoms with Crippen molar-refractivity contribution in [2.75, 3.05) is 0 Å². The molecular weight excluding hydrogens is 236 g/mol. The van der Waals surface area contributed by atoms with Crippen molar-refractivity contribution >= 4 is 11.4 Å². The van der Waals surface area contributed by atoms with Gasteiger partial charge in [0.1, 0.15) is 6.10 Å². The number of nitro benzene ring substituents is 1. The average Bonchev–Trinajstić information content (AvgIpc) is 2.86. The van der Waals surface area contributed by atoms with Crippen LogP contribution in [0.25, 0.3) is 0 Å². The zero-order valence-corrected chi connectivity index (χ0v) is 9.35. The number of hydrogen-bond acceptors (Lipinski definition) is 5. The molecule has 2 aliphatic rings. The number of fused-ring (bicyclic) bond motifs is 1. The van der Waals surface area contributed by atoms with Gasteiger partial charge >= 0.3 is 0 Å². The first-order valence-electron chi connectivity index (χ1n) is 5.54. The molecule has 2 heterocycles. The summed E-state index contributed by atoms with van der Waals surface area (Å²) in [6.45, 7) is 0. The van der Waals surface area contributed by atoms with Gasteiger partial charge in [0.05, 0.1) is 16.9 Å². The fourth-order valence-electron chi connectivity index (χ4n) is 1.99. The van der Waals surface area contributed by atoms with Crippen LogP contribution in [0.15, 0.2) is 41.8 Å². The van der Waals surface area contributed by atoms with E-state index in [1.165, 1.54) is 12.1 Å². The molecule has 0 bridgehead atoms. The fourth-order valence-corrected chi connectivity index (χ4v) is 1.99. The molecule has 0 fully saturated rings. The van der Waals surface area contributed by atoms with Gasteiger partial charge in [-0.25, -0.2) is 0 Å². The number of hydrogen-bond donors (Lipinski definition) is 0. The lowest BCUT2D eigenvalue weighted by Crippen LogP contribution is -2.31. The Balaban J connectivity index is 1.81. The molecule has 6 heteroatoms. The van der Waals surface area contributed by atoms with Gasteiger partial charge in [-0.05, 0) is 23.8 Å². The van der Waals surface area contributed by atoms with E-state index in [9.17, 15) is 10.1 Å². The molecule has 0 radical (unpaired) electrons. The highest BCUT2D eigenvalue weighted by atomic mass is 16.7. The predicted octanol–water partition coefficient (Wildman–Crippen LogP) is 2.00. The molecule has 92 valence electrons. The third kappa shape index (κ3) is 1.81. The van der Waals surface area contributed by atoms with Crippen molar-refractivity contribution < 1.29 is 14.5 Å². The normalized spacial score (nSPS) is 24.8. The zero-order valence-electron chi connectivity index (χ0n) is 9.35. The molecule has 2 unspecified atom stereocenters. The molecule has 0 saturated heterocycles. The van der Waals surface area contributed by atoms with Gasteiger partial charge in [-0.2, -0.15) is 0 Å². The molecular formula is C12H10N2O4. The maximum absolute atomic E-state index is 10.6. The second kappa shape index (κ2) is 4.14. The summed E-state index contributed by atoms with van der Waals surface area (Å²) >= 11 is 0. The zero-order chi connectivity index (χ0) is 12.5. The first-order valence-corrected chi connectivity index (χ1v) is 5.54. The van der Waals surface area contributed by atoms with E-state index in [-0.39, 0.29) is 17.9 Å². The number of benzene rings is 1. The maximum Gasteiger partial charge on any atom is 0.269 e. The highest BCUT2D eigenvalue weighted by Crippen LogP contribution is 2.25. The van der Waals surface area contributed by atoms with Crippen molar-refractivity contribution in [1.82, 2.24) is 0 Å². The third-order valence-corrected chi connectivity index (χ3v) is 2.98. The Kier molecular flexibility index (Phi) is 2.47. The van der Waals surface area contributed by atoms with Crippen molar-refractivity contribution in [3.05, 3.63) is 52.3 Å². The van der Waals surface area contributed by atoms with Crippen molar-refractivity contribution in [3.8, 4) is 0 Å². The van der Waals surface area contributed by atoms with Gasteiger partial charge in [0.2, 0.25) is 0 Å². The van der Waals surface area contributed by atoms with Gasteiger partial charge in [-0.1, -0.05) is 5.16 Å². The Morgan fingerprint density at radius 1 is 1.33 bits per heavy atom. The summed E-state index contributed by atoms with van der Waals surface area (Å²) in [4.78, 5) is 15.4. The van der Waals surface area contributed by atoms with Crippen molar-refractivity contribution in [1.29, 1.82) is 0 Å². The van der Waals surface area contributed by atoms with E-state index in [1.807, 2.05) is 6.08 Å². The Bertz CT molecular complexity index is 536. The van der Waals surface area contributed by atoms with E-state index in [0.29, 0.717) is 6.42 Å². The second-order valence-corrected chi connectivity index (χ2v) is 4.12. The lowest BCUT2D eigenvalue weighted by molar-refractivity contribution is -0.384. The van der Waals surface area contributed by atoms with Gasteiger partial charge in [0.25, 0.3) is 5.69 Å². The molecule has 0 aromatic heterocycles. The Labute approximate surface area is 103 Å². The van der Waals surface area contributed by atoms with Gasteiger partial charge < -0.3 is 9.57 Å². The number of nitrogens with zero attached hydrogens (tertiary/aromatic N) is 2. The highest BCUT2D eigenvalue weighted by molar-refractivity contribution is 6.01. The molecule has 0 N–H and O–H groups in total. The molecule has 18 heavy (non-hydrogen) atoms. The van der Waals surface area contributed by atoms with Crippen LogP contribution in [0, 0.1) is 10.1 Å². The van der Waals surface area contributed by atoms with E-state index < -0.39 is 4.92 Å². The first-order chi connectivity index (χ1) is 8.74. The van der Waals surface area contributed by atoms with Crippen molar-refractivity contribution in [3.63, 3.8) is 0 Å². The third-order valence-electron chi connectivity index (χ3n) is 2.98. The number of oxime groups is 1. The van der Waals surface area contributed by atoms with Crippen LogP contribution in [0.4, 0.5) is 5.69 Å². The van der Waals surface area contributed by atoms with Crippen LogP contribution < -0.4 is 0 Å². The minimum Gasteiger partial charge on any atom is -0.493 e. The van der Waals surface area contributed by atoms with Crippen LogP contribution >= 0.6 is 0 Å². The molecule has 0 spiro atoms. The molecule has 6 nitrogen and oxygen atoms in total. The summed E-state index contributed by atoms with van der Waals surface area (Å²) in [5, 5.41) is 14.6. The largest absolute Gasteiger partial charge is 0.493 e. The molecule has 1 aromatic carbocycles. The molecule has 3 rings (SSSR count). The molecule has 0 amide bonds. The Morgan fingerprint density at radius 2 is 2.11 bits per heavy atom. The number of non-ortho nitro benzene ring substituents is 1. The topological polar surface area (TPSA) is 74.0 Å².